The highest BCUT2D eigenvalue weighted by atomic mass is 15.1. The highest BCUT2D eigenvalue weighted by Gasteiger charge is 2.24. The van der Waals surface area contributed by atoms with Crippen LogP contribution in [0.5, 0.6) is 0 Å². The van der Waals surface area contributed by atoms with E-state index in [4.69, 9.17) is 0 Å². The average molecular weight is 230 g/mol. The molecule has 90 valence electrons. The summed E-state index contributed by atoms with van der Waals surface area (Å²) in [6.07, 6.45) is 7.74. The molecule has 1 unspecified atom stereocenters. The van der Waals surface area contributed by atoms with Crippen molar-refractivity contribution in [2.45, 2.75) is 32.2 Å². The second kappa shape index (κ2) is 4.02. The summed E-state index contributed by atoms with van der Waals surface area (Å²) in [4.78, 5) is 8.83. The van der Waals surface area contributed by atoms with E-state index in [0.29, 0.717) is 6.04 Å². The zero-order valence-electron chi connectivity index (χ0n) is 10.3. The van der Waals surface area contributed by atoms with Crippen LogP contribution in [0.25, 0.3) is 11.0 Å². The number of fused-ring (bicyclic) bond motifs is 1. The van der Waals surface area contributed by atoms with E-state index in [0.717, 1.165) is 22.8 Å². The molecule has 0 amide bonds. The first-order valence-electron chi connectivity index (χ1n) is 6.28. The lowest BCUT2D eigenvalue weighted by atomic mass is 9.80. The maximum absolute atomic E-state index is 4.41. The topological polar surface area (TPSA) is 42.7 Å². The van der Waals surface area contributed by atoms with Crippen molar-refractivity contribution in [2.75, 3.05) is 5.32 Å². The molecule has 1 aliphatic carbocycles. The second-order valence-electron chi connectivity index (χ2n) is 5.01. The van der Waals surface area contributed by atoms with Crippen molar-refractivity contribution in [2.24, 2.45) is 13.0 Å². The molecule has 2 aromatic heterocycles. The van der Waals surface area contributed by atoms with E-state index in [-0.39, 0.29) is 0 Å². The lowest BCUT2D eigenvalue weighted by Gasteiger charge is -2.32. The van der Waals surface area contributed by atoms with Crippen molar-refractivity contribution in [3.8, 4) is 0 Å². The molecule has 2 heterocycles. The Morgan fingerprint density at radius 2 is 2.24 bits per heavy atom. The van der Waals surface area contributed by atoms with Crippen molar-refractivity contribution in [1.29, 1.82) is 0 Å². The summed E-state index contributed by atoms with van der Waals surface area (Å²) in [6, 6.07) is 2.49. The third kappa shape index (κ3) is 1.77. The number of nitrogens with one attached hydrogen (secondary N) is 1. The first-order valence-corrected chi connectivity index (χ1v) is 6.28. The van der Waals surface area contributed by atoms with E-state index in [1.807, 2.05) is 30.2 Å². The Morgan fingerprint density at radius 1 is 1.41 bits per heavy atom. The monoisotopic (exact) mass is 230 g/mol. The summed E-state index contributed by atoms with van der Waals surface area (Å²) in [5.41, 5.74) is 2.10. The van der Waals surface area contributed by atoms with Crippen LogP contribution in [0, 0.1) is 5.92 Å². The normalized spacial score (nSPS) is 18.0. The lowest BCUT2D eigenvalue weighted by molar-refractivity contribution is 0.285. The molecule has 0 saturated heterocycles. The maximum Gasteiger partial charge on any atom is 0.154 e. The average Bonchev–Trinajstić information content (AvgIpc) is 2.59. The van der Waals surface area contributed by atoms with Gasteiger partial charge in [-0.15, -0.1) is 0 Å². The Balaban J connectivity index is 1.89. The Morgan fingerprint density at radius 3 is 2.94 bits per heavy atom. The molecular weight excluding hydrogens is 212 g/mol. The minimum atomic E-state index is 0.490. The lowest BCUT2D eigenvalue weighted by Crippen LogP contribution is -2.31. The molecular formula is C13H18N4. The molecule has 4 nitrogen and oxygen atoms in total. The quantitative estimate of drug-likeness (QED) is 0.881. The molecule has 0 radical (unpaired) electrons. The summed E-state index contributed by atoms with van der Waals surface area (Å²) in [5.74, 6) is 1.72. The van der Waals surface area contributed by atoms with Crippen molar-refractivity contribution >= 4 is 16.9 Å². The molecule has 1 N–H and O–H groups in total. The number of nitrogens with zero attached hydrogens (tertiary/aromatic N) is 3. The van der Waals surface area contributed by atoms with Crippen LogP contribution in [-0.2, 0) is 7.05 Å². The number of aromatic nitrogens is 3. The molecule has 1 atom stereocenters. The fourth-order valence-corrected chi connectivity index (χ4v) is 2.44. The fourth-order valence-electron chi connectivity index (χ4n) is 2.44. The van der Waals surface area contributed by atoms with E-state index in [1.54, 1.807) is 0 Å². The van der Waals surface area contributed by atoms with Gasteiger partial charge in [0.15, 0.2) is 5.82 Å². The predicted octanol–water partition coefficient (Wildman–Crippen LogP) is 2.57. The predicted molar refractivity (Wildman–Crippen MR) is 68.9 cm³/mol. The summed E-state index contributed by atoms with van der Waals surface area (Å²) in [7, 11) is 2.01. The number of hydrogen-bond donors (Lipinski definition) is 1. The van der Waals surface area contributed by atoms with Crippen molar-refractivity contribution in [3.05, 3.63) is 18.6 Å². The molecule has 3 rings (SSSR count). The fraction of sp³-hybridized carbons (Fsp3) is 0.538. The zero-order valence-corrected chi connectivity index (χ0v) is 10.3. The number of hydrogen-bond acceptors (Lipinski definition) is 3. The number of rotatable bonds is 3. The van der Waals surface area contributed by atoms with E-state index in [2.05, 4.69) is 22.2 Å². The third-order valence-corrected chi connectivity index (χ3v) is 3.86. The summed E-state index contributed by atoms with van der Waals surface area (Å²) < 4.78 is 2.02. The Labute approximate surface area is 101 Å². The second-order valence-corrected chi connectivity index (χ2v) is 5.01. The van der Waals surface area contributed by atoms with Gasteiger partial charge in [-0.05, 0) is 31.7 Å². The molecule has 1 aliphatic rings. The van der Waals surface area contributed by atoms with Crippen LogP contribution in [0.1, 0.15) is 26.2 Å². The first-order chi connectivity index (χ1) is 8.25. The maximum atomic E-state index is 4.41. The molecule has 0 aromatic carbocycles. The largest absolute Gasteiger partial charge is 0.365 e. The summed E-state index contributed by atoms with van der Waals surface area (Å²) >= 11 is 0. The molecule has 1 saturated carbocycles. The van der Waals surface area contributed by atoms with Gasteiger partial charge in [-0.3, -0.25) is 0 Å². The van der Waals surface area contributed by atoms with Crippen molar-refractivity contribution < 1.29 is 0 Å². The van der Waals surface area contributed by atoms with Gasteiger partial charge in [-0.25, -0.2) is 9.97 Å². The van der Waals surface area contributed by atoms with Crippen LogP contribution < -0.4 is 5.32 Å². The SMILES string of the molecule is CC(Nc1nccc2c1ncn2C)C1CCC1. The first kappa shape index (κ1) is 10.6. The molecule has 0 spiro atoms. The molecule has 4 heteroatoms. The van der Waals surface area contributed by atoms with Crippen LogP contribution in [0.2, 0.25) is 0 Å². The number of anilines is 1. The number of imidazole rings is 1. The van der Waals surface area contributed by atoms with Gasteiger partial charge in [-0.1, -0.05) is 6.42 Å². The minimum Gasteiger partial charge on any atom is -0.365 e. The molecule has 0 aliphatic heterocycles. The van der Waals surface area contributed by atoms with E-state index in [9.17, 15) is 0 Å². The van der Waals surface area contributed by atoms with Crippen LogP contribution in [-0.4, -0.2) is 20.6 Å². The highest BCUT2D eigenvalue weighted by Crippen LogP contribution is 2.31. The van der Waals surface area contributed by atoms with Gasteiger partial charge in [0.2, 0.25) is 0 Å². The van der Waals surface area contributed by atoms with Crippen LogP contribution >= 0.6 is 0 Å². The third-order valence-electron chi connectivity index (χ3n) is 3.86. The Bertz CT molecular complexity index is 527. The number of aryl methyl sites for hydroxylation is 1. The van der Waals surface area contributed by atoms with Gasteiger partial charge in [0.05, 0.1) is 11.8 Å². The van der Waals surface area contributed by atoms with E-state index < -0.39 is 0 Å². The van der Waals surface area contributed by atoms with Gasteiger partial charge in [-0.2, -0.15) is 0 Å². The van der Waals surface area contributed by atoms with E-state index in [1.165, 1.54) is 19.3 Å². The molecule has 17 heavy (non-hydrogen) atoms. The number of pyridine rings is 1. The Kier molecular flexibility index (Phi) is 2.50. The van der Waals surface area contributed by atoms with Crippen LogP contribution in [0.4, 0.5) is 5.82 Å². The highest BCUT2D eigenvalue weighted by molar-refractivity contribution is 5.85. The molecule has 2 aromatic rings. The smallest absolute Gasteiger partial charge is 0.154 e. The van der Waals surface area contributed by atoms with Crippen LogP contribution in [0.15, 0.2) is 18.6 Å². The summed E-state index contributed by atoms with van der Waals surface area (Å²) in [5, 5.41) is 3.51. The minimum absolute atomic E-state index is 0.490. The van der Waals surface area contributed by atoms with Crippen molar-refractivity contribution in [3.63, 3.8) is 0 Å². The standard InChI is InChI=1S/C13H18N4/c1-9(10-4-3-5-10)16-13-12-11(6-7-14-13)17(2)8-15-12/h6-10H,3-5H2,1-2H3,(H,14,16). The molecule has 1 fully saturated rings. The van der Waals surface area contributed by atoms with Gasteiger partial charge in [0, 0.05) is 19.3 Å². The summed E-state index contributed by atoms with van der Waals surface area (Å²) in [6.45, 7) is 2.24. The van der Waals surface area contributed by atoms with Crippen molar-refractivity contribution in [1.82, 2.24) is 14.5 Å². The van der Waals surface area contributed by atoms with Gasteiger partial charge >= 0.3 is 0 Å². The molecule has 0 bridgehead atoms. The van der Waals surface area contributed by atoms with Crippen LogP contribution in [0.3, 0.4) is 0 Å². The van der Waals surface area contributed by atoms with E-state index >= 15 is 0 Å². The van der Waals surface area contributed by atoms with Gasteiger partial charge in [0.25, 0.3) is 0 Å². The zero-order chi connectivity index (χ0) is 11.8. The van der Waals surface area contributed by atoms with Gasteiger partial charge in [0.1, 0.15) is 5.52 Å². The van der Waals surface area contributed by atoms with Gasteiger partial charge < -0.3 is 9.88 Å². The Hall–Kier alpha value is -1.58.